The number of imidazole rings is 1. The van der Waals surface area contributed by atoms with Crippen LogP contribution in [0.5, 0.6) is 0 Å². The zero-order valence-corrected chi connectivity index (χ0v) is 17.6. The van der Waals surface area contributed by atoms with Crippen molar-refractivity contribution in [3.63, 3.8) is 0 Å². The molecule has 0 atom stereocenters. The number of aryl methyl sites for hydroxylation is 1. The fourth-order valence-electron chi connectivity index (χ4n) is 3.16. The topological polar surface area (TPSA) is 124 Å². The maximum atomic E-state index is 10.8. The Morgan fingerprint density at radius 3 is 2.74 bits per heavy atom. The monoisotopic (exact) mass is 457 g/mol. The number of fused-ring (bicyclic) bond motifs is 1. The molecule has 0 aliphatic rings. The predicted octanol–water partition coefficient (Wildman–Crippen LogP) is 4.63. The molecule has 3 heterocycles. The third-order valence-electron chi connectivity index (χ3n) is 4.65. The highest BCUT2D eigenvalue weighted by atomic mass is 35.5. The maximum absolute atomic E-state index is 10.8. The number of nitrogens with two attached hydrogens (primary N) is 1. The molecule has 0 fully saturated rings. The molecule has 3 aromatic heterocycles. The van der Waals surface area contributed by atoms with E-state index in [1.54, 1.807) is 24.4 Å². The Bertz CT molecular complexity index is 1280. The number of hydrogen-bond acceptors (Lipinski definition) is 7. The third kappa shape index (κ3) is 4.52. The summed E-state index contributed by atoms with van der Waals surface area (Å²) in [7, 11) is 0. The highest BCUT2D eigenvalue weighted by molar-refractivity contribution is 6.36. The molecule has 11 heteroatoms. The highest BCUT2D eigenvalue weighted by Gasteiger charge is 2.13. The minimum absolute atomic E-state index is 0.0789. The van der Waals surface area contributed by atoms with Crippen molar-refractivity contribution in [1.29, 1.82) is 0 Å². The lowest BCUT2D eigenvalue weighted by Crippen LogP contribution is -2.10. The SMILES string of the molecule is Nc1nc(CCCNc2nc(-c3ccc(Cl)cc3Cl)cc3nccn23)ccc1[N+](=O)[O-]. The number of nitrogen functional groups attached to an aromatic ring is 1. The Kier molecular flexibility index (Phi) is 5.88. The number of hydrogen-bond donors (Lipinski definition) is 2. The third-order valence-corrected chi connectivity index (χ3v) is 5.19. The van der Waals surface area contributed by atoms with Gasteiger partial charge in [0.1, 0.15) is 5.65 Å². The molecule has 3 N–H and O–H groups in total. The fraction of sp³-hybridized carbons (Fsp3) is 0.150. The molecule has 0 radical (unpaired) electrons. The van der Waals surface area contributed by atoms with Gasteiger partial charge >= 0.3 is 5.69 Å². The summed E-state index contributed by atoms with van der Waals surface area (Å²) >= 11 is 12.4. The second-order valence-electron chi connectivity index (χ2n) is 6.74. The van der Waals surface area contributed by atoms with Crippen LogP contribution >= 0.6 is 23.2 Å². The van der Waals surface area contributed by atoms with Gasteiger partial charge in [0.15, 0.2) is 0 Å². The van der Waals surface area contributed by atoms with Crippen molar-refractivity contribution in [2.45, 2.75) is 12.8 Å². The summed E-state index contributed by atoms with van der Waals surface area (Å²) in [6, 6.07) is 10.1. The molecule has 0 saturated heterocycles. The van der Waals surface area contributed by atoms with Crippen LogP contribution in [0.25, 0.3) is 16.9 Å². The van der Waals surface area contributed by atoms with Crippen molar-refractivity contribution in [2.75, 3.05) is 17.6 Å². The summed E-state index contributed by atoms with van der Waals surface area (Å²) in [6.07, 6.45) is 4.83. The van der Waals surface area contributed by atoms with Crippen LogP contribution in [0, 0.1) is 10.1 Å². The van der Waals surface area contributed by atoms with Crippen LogP contribution in [-0.4, -0.2) is 30.8 Å². The molecule has 4 rings (SSSR count). The minimum atomic E-state index is -0.546. The second-order valence-corrected chi connectivity index (χ2v) is 7.58. The van der Waals surface area contributed by atoms with Gasteiger partial charge in [0.25, 0.3) is 0 Å². The number of nitrogens with one attached hydrogen (secondary N) is 1. The van der Waals surface area contributed by atoms with E-state index >= 15 is 0 Å². The molecule has 0 spiro atoms. The van der Waals surface area contributed by atoms with Crippen LogP contribution in [0.2, 0.25) is 10.0 Å². The Labute approximate surface area is 187 Å². The van der Waals surface area contributed by atoms with Gasteiger partial charge in [-0.15, -0.1) is 0 Å². The lowest BCUT2D eigenvalue weighted by molar-refractivity contribution is -0.384. The lowest BCUT2D eigenvalue weighted by Gasteiger charge is -2.11. The normalized spacial score (nSPS) is 11.0. The van der Waals surface area contributed by atoms with Crippen LogP contribution in [0.15, 0.2) is 48.8 Å². The van der Waals surface area contributed by atoms with E-state index in [1.807, 2.05) is 22.7 Å². The molecule has 0 saturated carbocycles. The maximum Gasteiger partial charge on any atom is 0.311 e. The number of nitrogens with zero attached hydrogens (tertiary/aromatic N) is 5. The smallest absolute Gasteiger partial charge is 0.311 e. The molecule has 0 bridgehead atoms. The standard InChI is InChI=1S/C20H17Cl2N7O2/c21-12-3-5-14(15(22)10-12)16-11-18-24-8-9-28(18)20(27-16)25-7-1-2-13-4-6-17(29(30)31)19(23)26-13/h3-6,8-11H,1-2,7H2,(H2,23,26)(H,25,27). The summed E-state index contributed by atoms with van der Waals surface area (Å²) < 4.78 is 1.84. The van der Waals surface area contributed by atoms with E-state index < -0.39 is 4.92 Å². The average molecular weight is 458 g/mol. The zero-order chi connectivity index (χ0) is 22.0. The van der Waals surface area contributed by atoms with Crippen molar-refractivity contribution >= 4 is 46.3 Å². The number of aromatic nitrogens is 4. The molecule has 0 amide bonds. The number of anilines is 2. The van der Waals surface area contributed by atoms with Crippen LogP contribution in [0.3, 0.4) is 0 Å². The van der Waals surface area contributed by atoms with Crippen molar-refractivity contribution in [1.82, 2.24) is 19.4 Å². The van der Waals surface area contributed by atoms with Crippen molar-refractivity contribution < 1.29 is 4.92 Å². The molecular weight excluding hydrogens is 441 g/mol. The van der Waals surface area contributed by atoms with Gasteiger partial charge < -0.3 is 11.1 Å². The molecule has 31 heavy (non-hydrogen) atoms. The summed E-state index contributed by atoms with van der Waals surface area (Å²) in [6.45, 7) is 0.594. The lowest BCUT2D eigenvalue weighted by atomic mass is 10.1. The van der Waals surface area contributed by atoms with Crippen LogP contribution in [0.1, 0.15) is 12.1 Å². The molecular formula is C20H17Cl2N7O2. The second kappa shape index (κ2) is 8.75. The highest BCUT2D eigenvalue weighted by Crippen LogP contribution is 2.30. The number of benzene rings is 1. The minimum Gasteiger partial charge on any atom is -0.378 e. The number of nitro groups is 1. The quantitative estimate of drug-likeness (QED) is 0.235. The molecule has 0 aliphatic heterocycles. The van der Waals surface area contributed by atoms with Crippen molar-refractivity contribution in [3.05, 3.63) is 74.6 Å². The van der Waals surface area contributed by atoms with Gasteiger partial charge in [0, 0.05) is 47.4 Å². The number of pyridine rings is 1. The Morgan fingerprint density at radius 2 is 2.00 bits per heavy atom. The van der Waals surface area contributed by atoms with Gasteiger partial charge in [0.05, 0.1) is 15.6 Å². The predicted molar refractivity (Wildman–Crippen MR) is 121 cm³/mol. The Hall–Kier alpha value is -3.43. The number of halogens is 2. The molecule has 9 nitrogen and oxygen atoms in total. The molecule has 158 valence electrons. The van der Waals surface area contributed by atoms with Crippen LogP contribution < -0.4 is 11.1 Å². The van der Waals surface area contributed by atoms with Crippen molar-refractivity contribution in [2.24, 2.45) is 0 Å². The summed E-state index contributed by atoms with van der Waals surface area (Å²) in [5.41, 5.74) is 8.31. The Balaban J connectivity index is 1.49. The first-order chi connectivity index (χ1) is 14.9. The molecule has 0 unspecified atom stereocenters. The fourth-order valence-corrected chi connectivity index (χ4v) is 3.66. The van der Waals surface area contributed by atoms with Gasteiger partial charge in [-0.05, 0) is 37.1 Å². The molecule has 0 aliphatic carbocycles. The zero-order valence-electron chi connectivity index (χ0n) is 16.1. The average Bonchev–Trinajstić information content (AvgIpc) is 3.19. The van der Waals surface area contributed by atoms with Crippen LogP contribution in [0.4, 0.5) is 17.5 Å². The van der Waals surface area contributed by atoms with Crippen molar-refractivity contribution in [3.8, 4) is 11.3 Å². The van der Waals surface area contributed by atoms with Gasteiger partial charge in [0.2, 0.25) is 11.8 Å². The van der Waals surface area contributed by atoms with Gasteiger partial charge in [-0.25, -0.2) is 15.0 Å². The van der Waals surface area contributed by atoms with Crippen LogP contribution in [-0.2, 0) is 6.42 Å². The van der Waals surface area contributed by atoms with E-state index in [-0.39, 0.29) is 11.5 Å². The molecule has 4 aromatic rings. The first-order valence-electron chi connectivity index (χ1n) is 9.35. The summed E-state index contributed by atoms with van der Waals surface area (Å²) in [4.78, 5) is 23.5. The van der Waals surface area contributed by atoms with Gasteiger partial charge in [-0.3, -0.25) is 14.5 Å². The Morgan fingerprint density at radius 1 is 1.16 bits per heavy atom. The van der Waals surface area contributed by atoms with E-state index in [9.17, 15) is 10.1 Å². The first-order valence-corrected chi connectivity index (χ1v) is 10.1. The van der Waals surface area contributed by atoms with Gasteiger partial charge in [-0.1, -0.05) is 23.2 Å². The summed E-state index contributed by atoms with van der Waals surface area (Å²) in [5, 5.41) is 15.2. The largest absolute Gasteiger partial charge is 0.378 e. The van der Waals surface area contributed by atoms with E-state index in [0.717, 1.165) is 11.2 Å². The van der Waals surface area contributed by atoms with E-state index in [4.69, 9.17) is 33.9 Å². The first kappa shape index (κ1) is 20.8. The van der Waals surface area contributed by atoms with E-state index in [0.29, 0.717) is 46.8 Å². The number of rotatable bonds is 7. The van der Waals surface area contributed by atoms with E-state index in [1.165, 1.54) is 6.07 Å². The summed E-state index contributed by atoms with van der Waals surface area (Å²) in [5.74, 6) is 0.539. The van der Waals surface area contributed by atoms with Gasteiger partial charge in [-0.2, -0.15) is 0 Å². The van der Waals surface area contributed by atoms with E-state index in [2.05, 4.69) is 15.3 Å². The molecule has 1 aromatic carbocycles.